The van der Waals surface area contributed by atoms with E-state index in [4.69, 9.17) is 10.5 Å². The smallest absolute Gasteiger partial charge is 0.251 e. The first-order chi connectivity index (χ1) is 11.8. The molecule has 1 fully saturated rings. The van der Waals surface area contributed by atoms with Gasteiger partial charge in [0.2, 0.25) is 10.0 Å². The summed E-state index contributed by atoms with van der Waals surface area (Å²) in [6, 6.07) is 4.37. The van der Waals surface area contributed by atoms with Gasteiger partial charge < -0.3 is 15.8 Å². The number of carbonyl (C=O) groups excluding carboxylic acids is 1. The fourth-order valence-electron chi connectivity index (χ4n) is 2.73. The molecule has 0 heterocycles. The van der Waals surface area contributed by atoms with Gasteiger partial charge in [-0.05, 0) is 37.0 Å². The van der Waals surface area contributed by atoms with Crippen LogP contribution in [0.5, 0.6) is 5.75 Å². The van der Waals surface area contributed by atoms with Crippen molar-refractivity contribution in [2.24, 2.45) is 11.7 Å². The Morgan fingerprint density at radius 1 is 1.36 bits per heavy atom. The maximum Gasteiger partial charge on any atom is 0.251 e. The van der Waals surface area contributed by atoms with Crippen LogP contribution in [0, 0.1) is 5.92 Å². The molecule has 7 nitrogen and oxygen atoms in total. The molecular weight excluding hydrogens is 342 g/mol. The first-order valence-electron chi connectivity index (χ1n) is 8.57. The quantitative estimate of drug-likeness (QED) is 0.681. The van der Waals surface area contributed by atoms with Gasteiger partial charge in [-0.3, -0.25) is 4.79 Å². The van der Waals surface area contributed by atoms with Crippen LogP contribution < -0.4 is 15.8 Å². The van der Waals surface area contributed by atoms with Gasteiger partial charge in [0.15, 0.2) is 0 Å². The molecule has 1 aliphatic rings. The molecule has 1 amide bonds. The third-order valence-corrected chi connectivity index (χ3v) is 6.55. The summed E-state index contributed by atoms with van der Waals surface area (Å²) in [6.45, 7) is 4.60. The molecule has 1 atom stereocenters. The van der Waals surface area contributed by atoms with Gasteiger partial charge in [0.25, 0.3) is 5.91 Å². The van der Waals surface area contributed by atoms with Crippen LogP contribution >= 0.6 is 0 Å². The molecule has 1 aromatic rings. The molecule has 0 saturated heterocycles. The highest BCUT2D eigenvalue weighted by Crippen LogP contribution is 2.31. The molecule has 1 saturated carbocycles. The second kappa shape index (κ2) is 8.16. The second-order valence-corrected chi connectivity index (χ2v) is 8.07. The first-order valence-corrected chi connectivity index (χ1v) is 10.0. The number of benzene rings is 1. The van der Waals surface area contributed by atoms with E-state index in [1.165, 1.54) is 23.5 Å². The second-order valence-electron chi connectivity index (χ2n) is 6.17. The van der Waals surface area contributed by atoms with E-state index in [1.54, 1.807) is 19.9 Å². The molecule has 25 heavy (non-hydrogen) atoms. The minimum Gasteiger partial charge on any atom is -0.495 e. The normalized spacial score (nSPS) is 15.9. The van der Waals surface area contributed by atoms with Crippen LogP contribution in [-0.2, 0) is 10.0 Å². The molecular formula is C17H27N3O4S. The van der Waals surface area contributed by atoms with Gasteiger partial charge in [-0.1, -0.05) is 13.8 Å². The molecule has 2 rings (SSSR count). The van der Waals surface area contributed by atoms with Gasteiger partial charge in [-0.2, -0.15) is 4.31 Å². The van der Waals surface area contributed by atoms with Crippen molar-refractivity contribution in [2.45, 2.75) is 37.6 Å². The molecule has 8 heteroatoms. The zero-order valence-corrected chi connectivity index (χ0v) is 15.8. The monoisotopic (exact) mass is 369 g/mol. The minimum atomic E-state index is -3.73. The van der Waals surface area contributed by atoms with Crippen molar-refractivity contribution in [2.75, 3.05) is 26.7 Å². The topological polar surface area (TPSA) is 102 Å². The predicted molar refractivity (Wildman–Crippen MR) is 96.1 cm³/mol. The fraction of sp³-hybridized carbons (Fsp3) is 0.588. The van der Waals surface area contributed by atoms with Crippen LogP contribution in [0.3, 0.4) is 0 Å². The maximum atomic E-state index is 12.8. The summed E-state index contributed by atoms with van der Waals surface area (Å²) in [5.74, 6) is 0.364. The Labute approximate surface area is 149 Å². The lowest BCUT2D eigenvalue weighted by Gasteiger charge is -2.20. The van der Waals surface area contributed by atoms with Gasteiger partial charge in [-0.25, -0.2) is 8.42 Å². The predicted octanol–water partition coefficient (Wildman–Crippen LogP) is 1.19. The average molecular weight is 369 g/mol. The van der Waals surface area contributed by atoms with Crippen molar-refractivity contribution in [3.8, 4) is 5.75 Å². The summed E-state index contributed by atoms with van der Waals surface area (Å²) < 4.78 is 32.1. The molecule has 0 aliphatic heterocycles. The van der Waals surface area contributed by atoms with Crippen LogP contribution in [0.25, 0.3) is 0 Å². The lowest BCUT2D eigenvalue weighted by Crippen LogP contribution is -2.38. The third kappa shape index (κ3) is 4.50. The number of methoxy groups -OCH3 is 1. The Hall–Kier alpha value is -1.64. The van der Waals surface area contributed by atoms with Crippen LogP contribution in [0.2, 0.25) is 0 Å². The average Bonchev–Trinajstić information content (AvgIpc) is 3.44. The van der Waals surface area contributed by atoms with E-state index in [-0.39, 0.29) is 28.2 Å². The fourth-order valence-corrected chi connectivity index (χ4v) is 4.37. The van der Waals surface area contributed by atoms with Gasteiger partial charge in [0.05, 0.1) is 7.11 Å². The largest absolute Gasteiger partial charge is 0.495 e. The Bertz CT molecular complexity index is 713. The standard InChI is InChI=1S/C17H27N3O4S/c1-4-20(5-2)25(22,23)16-10-13(8-9-15(16)24-3)17(21)19-11-14(18)12-6-7-12/h8-10,12,14H,4-7,11,18H2,1-3H3,(H,19,21). The molecule has 0 bridgehead atoms. The van der Waals surface area contributed by atoms with E-state index in [0.29, 0.717) is 25.6 Å². The number of hydrogen-bond donors (Lipinski definition) is 2. The first kappa shape index (κ1) is 19.7. The Morgan fingerprint density at radius 3 is 2.52 bits per heavy atom. The third-order valence-electron chi connectivity index (χ3n) is 4.47. The molecule has 140 valence electrons. The molecule has 0 spiro atoms. The van der Waals surface area contributed by atoms with Crippen molar-refractivity contribution in [3.63, 3.8) is 0 Å². The van der Waals surface area contributed by atoms with Gasteiger partial charge in [0, 0.05) is 31.2 Å². The van der Waals surface area contributed by atoms with Crippen LogP contribution in [0.4, 0.5) is 0 Å². The van der Waals surface area contributed by atoms with Crippen molar-refractivity contribution in [1.82, 2.24) is 9.62 Å². The van der Waals surface area contributed by atoms with E-state index in [1.807, 2.05) is 0 Å². The van der Waals surface area contributed by atoms with E-state index in [2.05, 4.69) is 5.32 Å². The van der Waals surface area contributed by atoms with Crippen molar-refractivity contribution in [1.29, 1.82) is 0 Å². The molecule has 3 N–H and O–H groups in total. The van der Waals surface area contributed by atoms with Gasteiger partial charge in [-0.15, -0.1) is 0 Å². The number of hydrogen-bond acceptors (Lipinski definition) is 5. The summed E-state index contributed by atoms with van der Waals surface area (Å²) in [4.78, 5) is 12.4. The number of nitrogens with zero attached hydrogens (tertiary/aromatic N) is 1. The Morgan fingerprint density at radius 2 is 2.00 bits per heavy atom. The number of carbonyl (C=O) groups is 1. The highest BCUT2D eigenvalue weighted by Gasteiger charge is 2.29. The molecule has 1 unspecified atom stereocenters. The summed E-state index contributed by atoms with van der Waals surface area (Å²) in [7, 11) is -2.32. The van der Waals surface area contributed by atoms with E-state index >= 15 is 0 Å². The maximum absolute atomic E-state index is 12.8. The number of sulfonamides is 1. The number of amides is 1. The SMILES string of the molecule is CCN(CC)S(=O)(=O)c1cc(C(=O)NCC(N)C2CC2)ccc1OC. The zero-order chi connectivity index (χ0) is 18.6. The summed E-state index contributed by atoms with van der Waals surface area (Å²) in [5.41, 5.74) is 6.26. The Balaban J connectivity index is 2.25. The number of ether oxygens (including phenoxy) is 1. The zero-order valence-electron chi connectivity index (χ0n) is 15.0. The molecule has 0 aromatic heterocycles. The van der Waals surface area contributed by atoms with E-state index < -0.39 is 10.0 Å². The molecule has 1 aromatic carbocycles. The number of nitrogens with two attached hydrogens (primary N) is 1. The van der Waals surface area contributed by atoms with E-state index in [9.17, 15) is 13.2 Å². The van der Waals surface area contributed by atoms with Crippen molar-refractivity contribution in [3.05, 3.63) is 23.8 Å². The molecule has 1 aliphatic carbocycles. The van der Waals surface area contributed by atoms with Gasteiger partial charge >= 0.3 is 0 Å². The summed E-state index contributed by atoms with van der Waals surface area (Å²) >= 11 is 0. The van der Waals surface area contributed by atoms with Gasteiger partial charge in [0.1, 0.15) is 10.6 Å². The molecule has 0 radical (unpaired) electrons. The lowest BCUT2D eigenvalue weighted by atomic mass is 10.1. The highest BCUT2D eigenvalue weighted by atomic mass is 32.2. The Kier molecular flexibility index (Phi) is 6.42. The van der Waals surface area contributed by atoms with E-state index in [0.717, 1.165) is 12.8 Å². The number of rotatable bonds is 9. The summed E-state index contributed by atoms with van der Waals surface area (Å²) in [6.07, 6.45) is 2.21. The van der Waals surface area contributed by atoms with Crippen LogP contribution in [-0.4, -0.2) is 51.4 Å². The van der Waals surface area contributed by atoms with Crippen molar-refractivity contribution >= 4 is 15.9 Å². The van der Waals surface area contributed by atoms with Crippen molar-refractivity contribution < 1.29 is 17.9 Å². The minimum absolute atomic E-state index is 0.00200. The number of nitrogens with one attached hydrogen (secondary N) is 1. The van der Waals surface area contributed by atoms with Crippen LogP contribution in [0.1, 0.15) is 37.0 Å². The lowest BCUT2D eigenvalue weighted by molar-refractivity contribution is 0.0950. The summed E-state index contributed by atoms with van der Waals surface area (Å²) in [5, 5.41) is 2.78. The van der Waals surface area contributed by atoms with Crippen LogP contribution in [0.15, 0.2) is 23.1 Å². The highest BCUT2D eigenvalue weighted by molar-refractivity contribution is 7.89.